The van der Waals surface area contributed by atoms with Gasteiger partial charge in [-0.05, 0) is 35.9 Å². The Balaban J connectivity index is 2.29. The molecule has 124 valence electrons. The van der Waals surface area contributed by atoms with E-state index >= 15 is 0 Å². The quantitative estimate of drug-likeness (QED) is 0.568. The molecule has 7 heteroatoms. The summed E-state index contributed by atoms with van der Waals surface area (Å²) in [4.78, 5) is 26.0. The zero-order valence-electron chi connectivity index (χ0n) is 12.9. The second-order valence-corrected chi connectivity index (χ2v) is 7.25. The molecule has 5 nitrogen and oxygen atoms in total. The molecule has 0 bridgehead atoms. The molecule has 0 aromatic heterocycles. The van der Waals surface area contributed by atoms with Crippen molar-refractivity contribution in [2.24, 2.45) is 5.92 Å². The Hall–Kier alpha value is -1.47. The Kier molecular flexibility index (Phi) is 5.75. The van der Waals surface area contributed by atoms with Crippen molar-refractivity contribution in [3.63, 3.8) is 0 Å². The third kappa shape index (κ3) is 3.90. The number of thioether (sulfide) groups is 1. The van der Waals surface area contributed by atoms with Crippen LogP contribution in [0.4, 0.5) is 4.79 Å². The van der Waals surface area contributed by atoms with E-state index in [1.165, 1.54) is 17.0 Å². The first-order chi connectivity index (χ1) is 10.9. The largest absolute Gasteiger partial charge is 0.504 e. The molecule has 0 radical (unpaired) electrons. The van der Waals surface area contributed by atoms with Crippen LogP contribution in [0, 0.1) is 5.92 Å². The fraction of sp³-hybridized carbons (Fsp3) is 0.375. The third-order valence-electron chi connectivity index (χ3n) is 3.84. The first-order valence-corrected chi connectivity index (χ1v) is 8.95. The van der Waals surface area contributed by atoms with Gasteiger partial charge in [0.15, 0.2) is 11.5 Å². The second kappa shape index (κ2) is 7.40. The van der Waals surface area contributed by atoms with Crippen molar-refractivity contribution in [3.8, 4) is 11.5 Å². The molecule has 1 fully saturated rings. The number of carbonyl (C=O) groups is 2. The Bertz CT molecular complexity index is 670. The number of aromatic hydroxyl groups is 2. The van der Waals surface area contributed by atoms with E-state index in [1.54, 1.807) is 6.07 Å². The van der Waals surface area contributed by atoms with Gasteiger partial charge in [-0.2, -0.15) is 0 Å². The van der Waals surface area contributed by atoms with E-state index in [9.17, 15) is 19.8 Å². The number of carbonyl (C=O) groups excluding carboxylic acids is 2. The molecule has 1 heterocycles. The molecule has 1 aromatic rings. The predicted octanol–water partition coefficient (Wildman–Crippen LogP) is 4.33. The van der Waals surface area contributed by atoms with E-state index in [4.69, 9.17) is 0 Å². The lowest BCUT2D eigenvalue weighted by molar-refractivity contribution is -0.123. The Labute approximate surface area is 147 Å². The van der Waals surface area contributed by atoms with Crippen LogP contribution in [-0.2, 0) is 4.79 Å². The maximum Gasteiger partial charge on any atom is 0.293 e. The minimum atomic E-state index is -0.356. The maximum absolute atomic E-state index is 12.4. The molecule has 1 aromatic carbocycles. The van der Waals surface area contributed by atoms with E-state index in [1.807, 2.05) is 13.8 Å². The molecule has 2 amide bonds. The number of benzene rings is 1. The summed E-state index contributed by atoms with van der Waals surface area (Å²) in [6.07, 6.45) is 3.23. The zero-order valence-corrected chi connectivity index (χ0v) is 15.3. The van der Waals surface area contributed by atoms with E-state index in [-0.39, 0.29) is 39.0 Å². The van der Waals surface area contributed by atoms with Gasteiger partial charge in [0, 0.05) is 16.6 Å². The average Bonchev–Trinajstić information content (AvgIpc) is 2.76. The second-order valence-electron chi connectivity index (χ2n) is 5.34. The van der Waals surface area contributed by atoms with Crippen LogP contribution in [0.2, 0.25) is 0 Å². The average molecular weight is 400 g/mol. The minimum Gasteiger partial charge on any atom is -0.504 e. The lowest BCUT2D eigenvalue weighted by Gasteiger charge is -2.19. The summed E-state index contributed by atoms with van der Waals surface area (Å²) < 4.78 is 0.565. The summed E-state index contributed by atoms with van der Waals surface area (Å²) in [6.45, 7) is 4.47. The van der Waals surface area contributed by atoms with Gasteiger partial charge in [-0.15, -0.1) is 0 Å². The molecule has 1 saturated heterocycles. The Morgan fingerprint density at radius 2 is 1.91 bits per heavy atom. The molecule has 0 unspecified atom stereocenters. The number of rotatable bonds is 5. The minimum absolute atomic E-state index is 0.244. The molecule has 1 aliphatic heterocycles. The van der Waals surface area contributed by atoms with Gasteiger partial charge in [0.25, 0.3) is 11.1 Å². The van der Waals surface area contributed by atoms with Crippen molar-refractivity contribution in [2.75, 3.05) is 6.54 Å². The van der Waals surface area contributed by atoms with Gasteiger partial charge in [-0.3, -0.25) is 14.5 Å². The summed E-state index contributed by atoms with van der Waals surface area (Å²) in [5.41, 5.74) is 0.282. The summed E-state index contributed by atoms with van der Waals surface area (Å²) >= 11 is 4.07. The van der Waals surface area contributed by atoms with E-state index in [0.29, 0.717) is 11.0 Å². The fourth-order valence-corrected chi connectivity index (χ4v) is 3.62. The molecular formula is C16H18BrNO4S. The van der Waals surface area contributed by atoms with Crippen LogP contribution >= 0.6 is 27.7 Å². The van der Waals surface area contributed by atoms with Crippen LogP contribution in [0.25, 0.3) is 6.08 Å². The fourth-order valence-electron chi connectivity index (χ4n) is 2.32. The molecule has 0 spiro atoms. The van der Waals surface area contributed by atoms with E-state index < -0.39 is 0 Å². The summed E-state index contributed by atoms with van der Waals surface area (Å²) in [6, 6.07) is 2.93. The lowest BCUT2D eigenvalue weighted by atomic mass is 10.0. The number of nitrogens with zero attached hydrogens (tertiary/aromatic N) is 1. The SMILES string of the molecule is CCC(CC)CN1C(=O)S/C(=C\c2cc(Br)cc(O)c2O)C1=O. The van der Waals surface area contributed by atoms with Crippen molar-refractivity contribution in [1.82, 2.24) is 4.90 Å². The van der Waals surface area contributed by atoms with Crippen LogP contribution in [0.3, 0.4) is 0 Å². The number of hydrogen-bond acceptors (Lipinski definition) is 5. The van der Waals surface area contributed by atoms with Crippen LogP contribution in [0.5, 0.6) is 11.5 Å². The number of halogens is 1. The van der Waals surface area contributed by atoms with Crippen LogP contribution in [0.15, 0.2) is 21.5 Å². The van der Waals surface area contributed by atoms with Gasteiger partial charge in [-0.25, -0.2) is 0 Å². The van der Waals surface area contributed by atoms with Crippen LogP contribution in [-0.4, -0.2) is 32.8 Å². The zero-order chi connectivity index (χ0) is 17.1. The van der Waals surface area contributed by atoms with E-state index in [2.05, 4.69) is 15.9 Å². The monoisotopic (exact) mass is 399 g/mol. The molecule has 2 N–H and O–H groups in total. The van der Waals surface area contributed by atoms with E-state index in [0.717, 1.165) is 24.6 Å². The highest BCUT2D eigenvalue weighted by Crippen LogP contribution is 2.38. The van der Waals surface area contributed by atoms with Crippen LogP contribution < -0.4 is 0 Å². The number of hydrogen-bond donors (Lipinski definition) is 2. The van der Waals surface area contributed by atoms with Crippen molar-refractivity contribution in [2.45, 2.75) is 26.7 Å². The number of amides is 2. The van der Waals surface area contributed by atoms with Gasteiger partial charge in [-0.1, -0.05) is 42.6 Å². The topological polar surface area (TPSA) is 77.8 Å². The Morgan fingerprint density at radius 3 is 2.52 bits per heavy atom. The molecule has 0 saturated carbocycles. The van der Waals surface area contributed by atoms with Crippen molar-refractivity contribution < 1.29 is 19.8 Å². The number of imide groups is 1. The van der Waals surface area contributed by atoms with Gasteiger partial charge >= 0.3 is 0 Å². The van der Waals surface area contributed by atoms with Crippen molar-refractivity contribution >= 4 is 44.9 Å². The Morgan fingerprint density at radius 1 is 1.26 bits per heavy atom. The summed E-state index contributed by atoms with van der Waals surface area (Å²) in [5, 5.41) is 19.2. The molecular weight excluding hydrogens is 382 g/mol. The summed E-state index contributed by atoms with van der Waals surface area (Å²) in [5.74, 6) is -0.682. The molecule has 23 heavy (non-hydrogen) atoms. The maximum atomic E-state index is 12.4. The van der Waals surface area contributed by atoms with Crippen LogP contribution in [0.1, 0.15) is 32.3 Å². The molecule has 2 rings (SSSR count). The normalized spacial score (nSPS) is 16.9. The van der Waals surface area contributed by atoms with Gasteiger partial charge in [0.05, 0.1) is 4.91 Å². The van der Waals surface area contributed by atoms with Crippen molar-refractivity contribution in [3.05, 3.63) is 27.1 Å². The molecule has 0 atom stereocenters. The first kappa shape index (κ1) is 17.9. The smallest absolute Gasteiger partial charge is 0.293 e. The van der Waals surface area contributed by atoms with Gasteiger partial charge in [0.1, 0.15) is 0 Å². The molecule has 1 aliphatic rings. The predicted molar refractivity (Wildman–Crippen MR) is 94.2 cm³/mol. The van der Waals surface area contributed by atoms with Crippen molar-refractivity contribution in [1.29, 1.82) is 0 Å². The third-order valence-corrected chi connectivity index (χ3v) is 5.20. The highest BCUT2D eigenvalue weighted by molar-refractivity contribution is 9.10. The summed E-state index contributed by atoms with van der Waals surface area (Å²) in [7, 11) is 0. The number of phenols is 2. The first-order valence-electron chi connectivity index (χ1n) is 7.34. The highest BCUT2D eigenvalue weighted by Gasteiger charge is 2.36. The molecule has 0 aliphatic carbocycles. The van der Waals surface area contributed by atoms with Gasteiger partial charge in [0.2, 0.25) is 0 Å². The lowest BCUT2D eigenvalue weighted by Crippen LogP contribution is -2.33. The number of phenolic OH excluding ortho intramolecular Hbond substituents is 2. The standard InChI is InChI=1S/C16H18BrNO4S/c1-3-9(4-2)8-18-15(21)13(23-16(18)22)6-10-5-11(17)7-12(19)14(10)20/h5-7,9,19-20H,3-4,8H2,1-2H3/b13-6-. The highest BCUT2D eigenvalue weighted by atomic mass is 79.9. The van der Waals surface area contributed by atoms with Gasteiger partial charge < -0.3 is 10.2 Å².